The van der Waals surface area contributed by atoms with Crippen molar-refractivity contribution in [2.45, 2.75) is 19.6 Å². The van der Waals surface area contributed by atoms with Crippen LogP contribution in [0.4, 0.5) is 24.7 Å². The van der Waals surface area contributed by atoms with Crippen LogP contribution < -0.4 is 4.90 Å². The third-order valence-corrected chi connectivity index (χ3v) is 5.14. The van der Waals surface area contributed by atoms with Crippen molar-refractivity contribution in [2.75, 3.05) is 17.8 Å². The molecule has 0 aliphatic rings. The van der Waals surface area contributed by atoms with E-state index in [9.17, 15) is 18.0 Å². The average Bonchev–Trinajstić information content (AvgIpc) is 3.09. The maximum atomic E-state index is 13.4. The van der Waals surface area contributed by atoms with E-state index in [4.69, 9.17) is 15.8 Å². The second-order valence-electron chi connectivity index (χ2n) is 6.35. The summed E-state index contributed by atoms with van der Waals surface area (Å²) < 4.78 is 47.3. The van der Waals surface area contributed by atoms with Crippen molar-refractivity contribution >= 4 is 41.6 Å². The average molecular weight is 471 g/mol. The minimum atomic E-state index is -4.69. The number of aromatic nitrogens is 3. The summed E-state index contributed by atoms with van der Waals surface area (Å²) in [5, 5.41) is 0.193. The first-order chi connectivity index (χ1) is 14.8. The third kappa shape index (κ3) is 5.03. The highest BCUT2D eigenvalue weighted by atomic mass is 35.5. The maximum Gasteiger partial charge on any atom is 0.433 e. The summed E-state index contributed by atoms with van der Waals surface area (Å²) in [5.41, 5.74) is 0.484. The summed E-state index contributed by atoms with van der Waals surface area (Å²) in [5.74, 6) is -0.200. The van der Waals surface area contributed by atoms with Gasteiger partial charge in [0, 0.05) is 18.4 Å². The minimum absolute atomic E-state index is 0.193. The van der Waals surface area contributed by atoms with E-state index < -0.39 is 11.9 Å². The highest BCUT2D eigenvalue weighted by Gasteiger charge is 2.34. The van der Waals surface area contributed by atoms with Gasteiger partial charge < -0.3 is 8.75 Å². The lowest BCUT2D eigenvalue weighted by Crippen LogP contribution is -2.20. The van der Waals surface area contributed by atoms with Gasteiger partial charge in [-0.15, -0.1) is 0 Å². The lowest BCUT2D eigenvalue weighted by atomic mass is 10.1. The van der Waals surface area contributed by atoms with E-state index in [2.05, 4.69) is 9.97 Å². The number of carbonyl (C=O) groups excluding carboxylic acids is 1. The monoisotopic (exact) mass is 470 g/mol. The van der Waals surface area contributed by atoms with Crippen molar-refractivity contribution in [3.63, 3.8) is 0 Å². The zero-order chi connectivity index (χ0) is 22.6. The molecule has 0 unspecified atom stereocenters. The van der Waals surface area contributed by atoms with Gasteiger partial charge in [0.25, 0.3) is 0 Å². The van der Waals surface area contributed by atoms with Crippen LogP contribution in [0.5, 0.6) is 0 Å². The van der Waals surface area contributed by atoms with Gasteiger partial charge in [-0.25, -0.2) is 9.97 Å². The van der Waals surface area contributed by atoms with Crippen molar-refractivity contribution in [1.29, 1.82) is 0 Å². The molecular formula is C20H18ClF3N4O2S. The highest BCUT2D eigenvalue weighted by molar-refractivity contribution is 7.93. The number of anilines is 2. The Morgan fingerprint density at radius 3 is 2.65 bits per heavy atom. The smallest absolute Gasteiger partial charge is 0.328 e. The largest absolute Gasteiger partial charge is 0.433 e. The second-order valence-corrected chi connectivity index (χ2v) is 7.33. The molecule has 164 valence electrons. The van der Waals surface area contributed by atoms with Crippen molar-refractivity contribution in [3.8, 4) is 11.3 Å². The number of amides is 1. The van der Waals surface area contributed by atoms with Crippen LogP contribution in [0.2, 0.25) is 5.02 Å². The quantitative estimate of drug-likeness (QED) is 0.246. The van der Waals surface area contributed by atoms with Crippen LogP contribution in [-0.4, -0.2) is 33.8 Å². The van der Waals surface area contributed by atoms with Crippen LogP contribution in [0.3, 0.4) is 0 Å². The molecule has 0 aliphatic heterocycles. The fourth-order valence-corrected chi connectivity index (χ4v) is 3.53. The summed E-state index contributed by atoms with van der Waals surface area (Å²) in [6.07, 6.45) is -0.954. The molecule has 2 heterocycles. The molecule has 3 rings (SSSR count). The number of imidazole rings is 1. The van der Waals surface area contributed by atoms with Gasteiger partial charge in [-0.05, 0) is 43.2 Å². The Morgan fingerprint density at radius 2 is 2.00 bits per heavy atom. The molecule has 11 heteroatoms. The number of rotatable bonds is 8. The molecule has 0 spiro atoms. The van der Waals surface area contributed by atoms with E-state index in [1.807, 2.05) is 0 Å². The molecule has 0 atom stereocenters. The van der Waals surface area contributed by atoms with Gasteiger partial charge in [-0.3, -0.25) is 9.69 Å². The van der Waals surface area contributed by atoms with Crippen LogP contribution in [0.25, 0.3) is 11.3 Å². The normalized spacial score (nSPS) is 11.5. The second kappa shape index (κ2) is 9.71. The first kappa shape index (κ1) is 23.1. The van der Waals surface area contributed by atoms with Crippen LogP contribution in [0.15, 0.2) is 42.7 Å². The first-order valence-corrected chi connectivity index (χ1v) is 10.6. The highest BCUT2D eigenvalue weighted by Crippen LogP contribution is 2.39. The number of alkyl halides is 3. The molecule has 6 nitrogen and oxygen atoms in total. The molecule has 0 saturated carbocycles. The number of aryl methyl sites for hydroxylation is 1. The third-order valence-electron chi connectivity index (χ3n) is 4.42. The molecule has 31 heavy (non-hydrogen) atoms. The predicted molar refractivity (Wildman–Crippen MR) is 114 cm³/mol. The number of nitrogens with zero attached hydrogens (tertiary/aromatic N) is 4. The summed E-state index contributed by atoms with van der Waals surface area (Å²) in [7, 11) is 0. The Kier molecular flexibility index (Phi) is 7.24. The van der Waals surface area contributed by atoms with Gasteiger partial charge >= 0.3 is 6.18 Å². The zero-order valence-electron chi connectivity index (χ0n) is 16.6. The molecule has 1 amide bonds. The van der Waals surface area contributed by atoms with E-state index >= 15 is 0 Å². The fraction of sp³-hybridized carbons (Fsp3) is 0.250. The van der Waals surface area contributed by atoms with Gasteiger partial charge in [-0.2, -0.15) is 13.2 Å². The zero-order valence-corrected chi connectivity index (χ0v) is 18.1. The number of halogens is 4. The van der Waals surface area contributed by atoms with E-state index in [0.717, 1.165) is 11.0 Å². The molecule has 0 radical (unpaired) electrons. The number of benzene rings is 1. The van der Waals surface area contributed by atoms with Crippen LogP contribution in [0.1, 0.15) is 11.4 Å². The molecule has 1 aromatic carbocycles. The van der Waals surface area contributed by atoms with Crippen LogP contribution in [-0.2, 0) is 21.7 Å². The van der Waals surface area contributed by atoms with Gasteiger partial charge in [0.15, 0.2) is 0 Å². The number of pyridine rings is 1. The molecule has 0 saturated heterocycles. The van der Waals surface area contributed by atoms with Crippen LogP contribution in [0, 0.1) is 6.92 Å². The fourth-order valence-electron chi connectivity index (χ4n) is 3.06. The van der Waals surface area contributed by atoms with E-state index in [1.54, 1.807) is 36.2 Å². The molecule has 2 aromatic heterocycles. The number of carbonyl (C=O) groups is 1. The van der Waals surface area contributed by atoms with Gasteiger partial charge in [0.1, 0.15) is 11.5 Å². The van der Waals surface area contributed by atoms with Crippen molar-refractivity contribution in [3.05, 3.63) is 59.1 Å². The molecule has 3 aromatic rings. The summed E-state index contributed by atoms with van der Waals surface area (Å²) in [6.45, 7) is 2.49. The van der Waals surface area contributed by atoms with E-state index in [0.29, 0.717) is 36.5 Å². The predicted octanol–water partition coefficient (Wildman–Crippen LogP) is 5.51. The maximum absolute atomic E-state index is 13.4. The summed E-state index contributed by atoms with van der Waals surface area (Å²) >= 11 is 7.42. The number of para-hydroxylation sites is 1. The van der Waals surface area contributed by atoms with Crippen LogP contribution >= 0.6 is 23.6 Å². The Labute approximate surface area is 186 Å². The summed E-state index contributed by atoms with van der Waals surface area (Å²) in [6, 6.07) is 8.51. The van der Waals surface area contributed by atoms with Gasteiger partial charge in [-0.1, -0.05) is 23.7 Å². The lowest BCUT2D eigenvalue weighted by molar-refractivity contribution is -0.141. The Morgan fingerprint density at radius 1 is 1.26 bits per heavy atom. The minimum Gasteiger partial charge on any atom is -0.328 e. The SMILES string of the molecule is CSOCCn1cnc(C)c1-c1ccc(C(F)(F)F)nc1N(C=O)c1ccccc1Cl. The first-order valence-electron chi connectivity index (χ1n) is 9.03. The van der Waals surface area contributed by atoms with E-state index in [-0.39, 0.29) is 16.5 Å². The Bertz CT molecular complexity index is 1070. The van der Waals surface area contributed by atoms with Gasteiger partial charge in [0.2, 0.25) is 6.41 Å². The molecule has 0 fully saturated rings. The van der Waals surface area contributed by atoms with Crippen molar-refractivity contribution < 1.29 is 22.1 Å². The number of hydrogen-bond acceptors (Lipinski definition) is 5. The number of hydrogen-bond donors (Lipinski definition) is 0. The summed E-state index contributed by atoms with van der Waals surface area (Å²) in [4.78, 5) is 21.1. The molecule has 0 aliphatic carbocycles. The topological polar surface area (TPSA) is 60.2 Å². The van der Waals surface area contributed by atoms with Crippen molar-refractivity contribution in [1.82, 2.24) is 14.5 Å². The standard InChI is InChI=1S/C20H18ClF3N4O2S/c1-13-18(27(11-25-13)9-10-30-31-2)14-7-8-17(20(22,23)24)26-19(14)28(12-29)16-6-4-3-5-15(16)21/h3-8,11-12H,9-10H2,1-2H3. The Balaban J connectivity index is 2.22. The Hall–Kier alpha value is -2.56. The van der Waals surface area contributed by atoms with Gasteiger partial charge in [0.05, 0.1) is 35.0 Å². The van der Waals surface area contributed by atoms with Crippen molar-refractivity contribution in [2.24, 2.45) is 0 Å². The molecule has 0 bridgehead atoms. The molecular weight excluding hydrogens is 453 g/mol. The lowest BCUT2D eigenvalue weighted by Gasteiger charge is -2.23. The van der Waals surface area contributed by atoms with E-state index in [1.165, 1.54) is 30.2 Å². The molecule has 0 N–H and O–H groups in total.